The number of hydrogen-bond donors (Lipinski definition) is 1. The fraction of sp³-hybridized carbons (Fsp3) is 0.381. The summed E-state index contributed by atoms with van der Waals surface area (Å²) in [4.78, 5) is 33.6. The molecule has 2 amide bonds. The first kappa shape index (κ1) is 18.3. The van der Waals surface area contributed by atoms with Crippen LogP contribution in [0.5, 0.6) is 0 Å². The third kappa shape index (κ3) is 4.08. The average molecular weight is 379 g/mol. The van der Waals surface area contributed by atoms with Gasteiger partial charge in [0, 0.05) is 56.8 Å². The summed E-state index contributed by atoms with van der Waals surface area (Å²) < 4.78 is 0. The van der Waals surface area contributed by atoms with Crippen molar-refractivity contribution in [3.63, 3.8) is 0 Å². The lowest BCUT2D eigenvalue weighted by molar-refractivity contribution is -0.119. The zero-order valence-corrected chi connectivity index (χ0v) is 15.9. The van der Waals surface area contributed by atoms with E-state index in [9.17, 15) is 9.59 Å². The molecule has 2 fully saturated rings. The summed E-state index contributed by atoms with van der Waals surface area (Å²) in [6, 6.07) is 10.2. The fourth-order valence-electron chi connectivity index (χ4n) is 3.74. The molecule has 146 valence electrons. The molecule has 2 aliphatic heterocycles. The van der Waals surface area contributed by atoms with Gasteiger partial charge in [-0.1, -0.05) is 0 Å². The number of carbonyl (C=O) groups excluding carboxylic acids is 2. The maximum atomic E-state index is 12.7. The highest BCUT2D eigenvalue weighted by molar-refractivity contribution is 5.95. The highest BCUT2D eigenvalue weighted by atomic mass is 16.2. The van der Waals surface area contributed by atoms with Crippen molar-refractivity contribution in [3.05, 3.63) is 48.3 Å². The van der Waals surface area contributed by atoms with E-state index in [0.717, 1.165) is 30.9 Å². The smallest absolute Gasteiger partial charge is 0.255 e. The first-order valence-corrected chi connectivity index (χ1v) is 9.79. The van der Waals surface area contributed by atoms with Gasteiger partial charge in [-0.3, -0.25) is 14.6 Å². The van der Waals surface area contributed by atoms with Gasteiger partial charge < -0.3 is 20.0 Å². The third-order valence-corrected chi connectivity index (χ3v) is 5.36. The van der Waals surface area contributed by atoms with Crippen LogP contribution < -0.4 is 10.2 Å². The van der Waals surface area contributed by atoms with Crippen LogP contribution in [0.1, 0.15) is 23.2 Å². The molecule has 1 aromatic heterocycles. The fourth-order valence-corrected chi connectivity index (χ4v) is 3.74. The minimum absolute atomic E-state index is 0.0499. The summed E-state index contributed by atoms with van der Waals surface area (Å²) in [5.41, 5.74) is 3.55. The van der Waals surface area contributed by atoms with Gasteiger partial charge in [-0.25, -0.2) is 0 Å². The highest BCUT2D eigenvalue weighted by Gasteiger charge is 2.21. The van der Waals surface area contributed by atoms with Crippen molar-refractivity contribution in [2.75, 3.05) is 49.5 Å². The maximum Gasteiger partial charge on any atom is 0.255 e. The Hall–Kier alpha value is -3.09. The summed E-state index contributed by atoms with van der Waals surface area (Å²) in [6.07, 6.45) is 6.67. The molecule has 0 bridgehead atoms. The Morgan fingerprint density at radius 3 is 2.32 bits per heavy atom. The van der Waals surface area contributed by atoms with Crippen LogP contribution in [0.15, 0.2) is 42.7 Å². The summed E-state index contributed by atoms with van der Waals surface area (Å²) in [7, 11) is 0. The maximum absolute atomic E-state index is 12.7. The van der Waals surface area contributed by atoms with Crippen molar-refractivity contribution in [3.8, 4) is 0 Å². The molecule has 28 heavy (non-hydrogen) atoms. The van der Waals surface area contributed by atoms with E-state index in [1.807, 2.05) is 6.07 Å². The van der Waals surface area contributed by atoms with Crippen molar-refractivity contribution < 1.29 is 9.59 Å². The van der Waals surface area contributed by atoms with Gasteiger partial charge in [0.1, 0.15) is 0 Å². The third-order valence-electron chi connectivity index (χ3n) is 5.36. The van der Waals surface area contributed by atoms with Gasteiger partial charge in [0.05, 0.1) is 17.4 Å². The van der Waals surface area contributed by atoms with Crippen LogP contribution in [0.25, 0.3) is 0 Å². The van der Waals surface area contributed by atoms with Crippen LogP contribution in [0.4, 0.5) is 17.1 Å². The van der Waals surface area contributed by atoms with Crippen LogP contribution in [0, 0.1) is 0 Å². The van der Waals surface area contributed by atoms with Gasteiger partial charge in [0.15, 0.2) is 0 Å². The van der Waals surface area contributed by atoms with Crippen LogP contribution in [0.2, 0.25) is 0 Å². The highest BCUT2D eigenvalue weighted by Crippen LogP contribution is 2.24. The van der Waals surface area contributed by atoms with E-state index in [0.29, 0.717) is 31.7 Å². The molecular weight excluding hydrogens is 354 g/mol. The van der Waals surface area contributed by atoms with Crippen molar-refractivity contribution in [2.24, 2.45) is 0 Å². The van der Waals surface area contributed by atoms with E-state index in [4.69, 9.17) is 0 Å². The van der Waals surface area contributed by atoms with E-state index in [-0.39, 0.29) is 5.91 Å². The van der Waals surface area contributed by atoms with Crippen molar-refractivity contribution in [1.82, 2.24) is 14.8 Å². The molecule has 0 atom stereocenters. The molecule has 0 aliphatic carbocycles. The number of hydrogen-bond acceptors (Lipinski definition) is 5. The zero-order valence-electron chi connectivity index (χ0n) is 15.9. The molecule has 2 aliphatic rings. The molecule has 7 heteroatoms. The van der Waals surface area contributed by atoms with E-state index in [1.54, 1.807) is 22.2 Å². The topological polar surface area (TPSA) is 68.8 Å². The number of carbonyl (C=O) groups is 2. The molecule has 0 spiro atoms. The molecule has 0 radical (unpaired) electrons. The zero-order chi connectivity index (χ0) is 19.3. The minimum Gasteiger partial charge on any atom is -0.372 e. The molecule has 1 N–H and O–H groups in total. The second-order valence-corrected chi connectivity index (χ2v) is 7.26. The number of pyridine rings is 1. The minimum atomic E-state index is -0.0499. The van der Waals surface area contributed by atoms with E-state index >= 15 is 0 Å². The van der Waals surface area contributed by atoms with Crippen molar-refractivity contribution in [2.45, 2.75) is 12.8 Å². The lowest BCUT2D eigenvalue weighted by atomic mass is 10.2. The number of amides is 2. The molecular formula is C21H25N5O2. The van der Waals surface area contributed by atoms with Gasteiger partial charge in [-0.15, -0.1) is 0 Å². The molecule has 1 aromatic carbocycles. The first-order chi connectivity index (χ1) is 13.7. The first-order valence-electron chi connectivity index (χ1n) is 9.79. The van der Waals surface area contributed by atoms with Crippen molar-refractivity contribution in [1.29, 1.82) is 0 Å². The Bertz CT molecular complexity index is 825. The SMILES string of the molecule is O=CN1CCN(C(=O)c2cncc(Nc3ccc(N4CCCC4)cc3)c2)CC1. The molecule has 7 nitrogen and oxygen atoms in total. The van der Waals surface area contributed by atoms with Crippen LogP contribution in [-0.2, 0) is 4.79 Å². The Morgan fingerprint density at radius 1 is 0.929 bits per heavy atom. The number of piperazine rings is 1. The normalized spacial score (nSPS) is 16.9. The van der Waals surface area contributed by atoms with Gasteiger partial charge >= 0.3 is 0 Å². The molecule has 0 saturated carbocycles. The second-order valence-electron chi connectivity index (χ2n) is 7.26. The van der Waals surface area contributed by atoms with E-state index in [1.165, 1.54) is 18.5 Å². The summed E-state index contributed by atoms with van der Waals surface area (Å²) >= 11 is 0. The Morgan fingerprint density at radius 2 is 1.64 bits per heavy atom. The molecule has 2 aromatic rings. The number of rotatable bonds is 5. The molecule has 4 rings (SSSR count). The summed E-state index contributed by atoms with van der Waals surface area (Å²) in [5.74, 6) is -0.0499. The molecule has 0 unspecified atom stereocenters. The Kier molecular flexibility index (Phi) is 5.41. The van der Waals surface area contributed by atoms with Gasteiger partial charge in [0.2, 0.25) is 6.41 Å². The predicted octanol–water partition coefficient (Wildman–Crippen LogP) is 2.34. The van der Waals surface area contributed by atoms with E-state index < -0.39 is 0 Å². The quantitative estimate of drug-likeness (QED) is 0.808. The van der Waals surface area contributed by atoms with Gasteiger partial charge in [-0.2, -0.15) is 0 Å². The second kappa shape index (κ2) is 8.29. The van der Waals surface area contributed by atoms with Gasteiger partial charge in [-0.05, 0) is 43.2 Å². The summed E-state index contributed by atoms with van der Waals surface area (Å²) in [5, 5.41) is 3.33. The lowest BCUT2D eigenvalue weighted by Crippen LogP contribution is -2.48. The summed E-state index contributed by atoms with van der Waals surface area (Å²) in [6.45, 7) is 4.50. The number of nitrogens with one attached hydrogen (secondary N) is 1. The number of benzene rings is 1. The predicted molar refractivity (Wildman–Crippen MR) is 109 cm³/mol. The Balaban J connectivity index is 1.41. The average Bonchev–Trinajstić information content (AvgIpc) is 3.29. The van der Waals surface area contributed by atoms with Crippen LogP contribution in [-0.4, -0.2) is 66.4 Å². The van der Waals surface area contributed by atoms with Crippen LogP contribution >= 0.6 is 0 Å². The van der Waals surface area contributed by atoms with E-state index in [2.05, 4.69) is 39.5 Å². The Labute approximate surface area is 164 Å². The lowest BCUT2D eigenvalue weighted by Gasteiger charge is -2.32. The molecule has 2 saturated heterocycles. The number of aromatic nitrogens is 1. The van der Waals surface area contributed by atoms with Crippen LogP contribution in [0.3, 0.4) is 0 Å². The monoisotopic (exact) mass is 379 g/mol. The van der Waals surface area contributed by atoms with Crippen molar-refractivity contribution >= 4 is 29.4 Å². The molecule has 3 heterocycles. The number of anilines is 3. The largest absolute Gasteiger partial charge is 0.372 e. The number of nitrogens with zero attached hydrogens (tertiary/aromatic N) is 4. The van der Waals surface area contributed by atoms with Gasteiger partial charge in [0.25, 0.3) is 5.91 Å². The standard InChI is InChI=1S/C21H25N5O2/c27-16-24-9-11-26(12-10-24)21(28)17-13-19(15-22-14-17)23-18-3-5-20(6-4-18)25-7-1-2-8-25/h3-6,13-16,23H,1-2,7-12H2.